The Bertz CT molecular complexity index is 278. The lowest BCUT2D eigenvalue weighted by Crippen LogP contribution is -2.47. The summed E-state index contributed by atoms with van der Waals surface area (Å²) in [6.45, 7) is 3.67. The minimum absolute atomic E-state index is 0.0369. The first kappa shape index (κ1) is 15.2. The summed E-state index contributed by atoms with van der Waals surface area (Å²) in [7, 11) is 0. The van der Waals surface area contributed by atoms with Gasteiger partial charge in [0.15, 0.2) is 0 Å². The lowest BCUT2D eigenvalue weighted by atomic mass is 10.3. The standard InChI is InChI=1S/C10H17NO6/c1-3-5-6-17-10(15)11-7(8(12)13)9(14)16-4-2/h7H,3-6H2,1-2H3,(H,11,15)(H,12,13). The maximum Gasteiger partial charge on any atom is 0.408 e. The monoisotopic (exact) mass is 247 g/mol. The first-order chi connectivity index (χ1) is 8.02. The van der Waals surface area contributed by atoms with Crippen molar-refractivity contribution in [3.05, 3.63) is 0 Å². The summed E-state index contributed by atoms with van der Waals surface area (Å²) in [4.78, 5) is 33.0. The van der Waals surface area contributed by atoms with Gasteiger partial charge in [0.05, 0.1) is 13.2 Å². The van der Waals surface area contributed by atoms with E-state index in [0.29, 0.717) is 6.42 Å². The molecule has 1 atom stereocenters. The van der Waals surface area contributed by atoms with Crippen molar-refractivity contribution >= 4 is 18.0 Å². The van der Waals surface area contributed by atoms with Crippen LogP contribution in [0.1, 0.15) is 26.7 Å². The second-order valence-electron chi connectivity index (χ2n) is 3.16. The number of amides is 1. The molecule has 0 bridgehead atoms. The Balaban J connectivity index is 4.20. The van der Waals surface area contributed by atoms with Crippen molar-refractivity contribution in [3.8, 4) is 0 Å². The fraction of sp³-hybridized carbons (Fsp3) is 0.700. The lowest BCUT2D eigenvalue weighted by molar-refractivity contribution is -0.154. The van der Waals surface area contributed by atoms with Crippen LogP contribution in [-0.2, 0) is 19.1 Å². The molecule has 98 valence electrons. The van der Waals surface area contributed by atoms with Crippen molar-refractivity contribution in [1.29, 1.82) is 0 Å². The minimum atomic E-state index is -1.73. The number of rotatable bonds is 7. The van der Waals surface area contributed by atoms with E-state index in [0.717, 1.165) is 6.42 Å². The quantitative estimate of drug-likeness (QED) is 0.386. The van der Waals surface area contributed by atoms with Crippen LogP contribution in [0.4, 0.5) is 4.79 Å². The Hall–Kier alpha value is -1.79. The molecule has 0 saturated carbocycles. The van der Waals surface area contributed by atoms with Gasteiger partial charge in [-0.05, 0) is 13.3 Å². The van der Waals surface area contributed by atoms with Crippen LogP contribution in [0, 0.1) is 0 Å². The number of carboxylic acids is 1. The summed E-state index contributed by atoms with van der Waals surface area (Å²) in [6.07, 6.45) is 0.567. The number of esters is 1. The summed E-state index contributed by atoms with van der Waals surface area (Å²) in [5, 5.41) is 10.6. The van der Waals surface area contributed by atoms with Crippen LogP contribution in [0.3, 0.4) is 0 Å². The summed E-state index contributed by atoms with van der Waals surface area (Å²) in [6, 6.07) is -1.73. The van der Waals surface area contributed by atoms with Crippen LogP contribution in [-0.4, -0.2) is 42.4 Å². The SMILES string of the molecule is CCCCOC(=O)NC(C(=O)O)C(=O)OCC. The Labute approximate surface area is 99.1 Å². The fourth-order valence-corrected chi connectivity index (χ4v) is 0.916. The molecule has 0 aliphatic rings. The summed E-state index contributed by atoms with van der Waals surface area (Å²) in [5.41, 5.74) is 0. The molecule has 0 aromatic rings. The number of alkyl carbamates (subject to hydrolysis) is 1. The summed E-state index contributed by atoms with van der Waals surface area (Å²) >= 11 is 0. The predicted molar refractivity (Wildman–Crippen MR) is 57.4 cm³/mol. The van der Waals surface area contributed by atoms with Crippen molar-refractivity contribution in [1.82, 2.24) is 5.32 Å². The zero-order valence-electron chi connectivity index (χ0n) is 9.89. The van der Waals surface area contributed by atoms with Crippen LogP contribution < -0.4 is 5.32 Å². The number of carbonyl (C=O) groups excluding carboxylic acids is 2. The molecule has 0 spiro atoms. The molecular weight excluding hydrogens is 230 g/mol. The third-order valence-corrected chi connectivity index (χ3v) is 1.76. The molecule has 17 heavy (non-hydrogen) atoms. The second-order valence-corrected chi connectivity index (χ2v) is 3.16. The van der Waals surface area contributed by atoms with E-state index in [-0.39, 0.29) is 13.2 Å². The van der Waals surface area contributed by atoms with E-state index in [4.69, 9.17) is 5.11 Å². The highest BCUT2D eigenvalue weighted by Gasteiger charge is 2.29. The highest BCUT2D eigenvalue weighted by Crippen LogP contribution is 1.93. The maximum atomic E-state index is 11.2. The van der Waals surface area contributed by atoms with Gasteiger partial charge in [-0.25, -0.2) is 14.4 Å². The minimum Gasteiger partial charge on any atom is -0.479 e. The van der Waals surface area contributed by atoms with E-state index in [2.05, 4.69) is 9.47 Å². The normalized spacial score (nSPS) is 11.4. The van der Waals surface area contributed by atoms with E-state index in [1.807, 2.05) is 12.2 Å². The smallest absolute Gasteiger partial charge is 0.408 e. The molecule has 0 heterocycles. The zero-order chi connectivity index (χ0) is 13.3. The summed E-state index contributed by atoms with van der Waals surface area (Å²) in [5.74, 6) is -2.51. The van der Waals surface area contributed by atoms with Gasteiger partial charge in [0, 0.05) is 0 Å². The predicted octanol–water partition coefficient (Wildman–Crippen LogP) is 0.529. The van der Waals surface area contributed by atoms with Crippen LogP contribution in [0.2, 0.25) is 0 Å². The highest BCUT2D eigenvalue weighted by atomic mass is 16.6. The number of hydrogen-bond acceptors (Lipinski definition) is 5. The number of hydrogen-bond donors (Lipinski definition) is 2. The molecule has 0 fully saturated rings. The Morgan fingerprint density at radius 3 is 2.35 bits per heavy atom. The molecule has 7 heteroatoms. The third-order valence-electron chi connectivity index (χ3n) is 1.76. The second kappa shape index (κ2) is 8.37. The van der Waals surface area contributed by atoms with Crippen LogP contribution in [0.25, 0.3) is 0 Å². The van der Waals surface area contributed by atoms with Crippen molar-refractivity contribution in [2.24, 2.45) is 0 Å². The fourth-order valence-electron chi connectivity index (χ4n) is 0.916. The number of carboxylic acid groups (broad SMARTS) is 1. The van der Waals surface area contributed by atoms with Crippen LogP contribution in [0.15, 0.2) is 0 Å². The van der Waals surface area contributed by atoms with Gasteiger partial charge < -0.3 is 14.6 Å². The molecule has 0 aliphatic heterocycles. The number of carbonyl (C=O) groups is 3. The molecular formula is C10H17NO6. The van der Waals surface area contributed by atoms with E-state index in [1.54, 1.807) is 0 Å². The van der Waals surface area contributed by atoms with Gasteiger partial charge in [-0.1, -0.05) is 13.3 Å². The average molecular weight is 247 g/mol. The molecule has 7 nitrogen and oxygen atoms in total. The maximum absolute atomic E-state index is 11.2. The first-order valence-corrected chi connectivity index (χ1v) is 5.35. The number of nitrogens with one attached hydrogen (secondary N) is 1. The van der Waals surface area contributed by atoms with Gasteiger partial charge in [-0.2, -0.15) is 0 Å². The van der Waals surface area contributed by atoms with Crippen LogP contribution in [0.5, 0.6) is 0 Å². The molecule has 0 aliphatic carbocycles. The summed E-state index contributed by atoms with van der Waals surface area (Å²) < 4.78 is 9.17. The van der Waals surface area contributed by atoms with E-state index < -0.39 is 24.1 Å². The average Bonchev–Trinajstić information content (AvgIpc) is 2.26. The van der Waals surface area contributed by atoms with Crippen molar-refractivity contribution in [2.75, 3.05) is 13.2 Å². The molecule has 1 unspecified atom stereocenters. The van der Waals surface area contributed by atoms with Gasteiger partial charge in [0.1, 0.15) is 0 Å². The number of unbranched alkanes of at least 4 members (excludes halogenated alkanes) is 1. The molecule has 0 aromatic carbocycles. The van der Waals surface area contributed by atoms with E-state index in [1.165, 1.54) is 6.92 Å². The van der Waals surface area contributed by atoms with Gasteiger partial charge in [0.25, 0.3) is 0 Å². The Morgan fingerprint density at radius 2 is 1.88 bits per heavy atom. The molecule has 1 amide bonds. The number of ether oxygens (including phenoxy) is 2. The zero-order valence-corrected chi connectivity index (χ0v) is 9.89. The van der Waals surface area contributed by atoms with E-state index >= 15 is 0 Å². The Morgan fingerprint density at radius 1 is 1.24 bits per heavy atom. The van der Waals surface area contributed by atoms with Crippen molar-refractivity contribution < 1.29 is 29.0 Å². The van der Waals surface area contributed by atoms with Crippen LogP contribution >= 0.6 is 0 Å². The topological polar surface area (TPSA) is 102 Å². The van der Waals surface area contributed by atoms with Gasteiger partial charge in [-0.3, -0.25) is 5.32 Å². The molecule has 0 saturated heterocycles. The molecule has 0 aromatic heterocycles. The van der Waals surface area contributed by atoms with Gasteiger partial charge in [0.2, 0.25) is 6.04 Å². The highest BCUT2D eigenvalue weighted by molar-refractivity contribution is 6.00. The molecule has 0 rings (SSSR count). The molecule has 2 N–H and O–H groups in total. The number of aliphatic carboxylic acids is 1. The molecule has 0 radical (unpaired) electrons. The van der Waals surface area contributed by atoms with E-state index in [9.17, 15) is 14.4 Å². The third kappa shape index (κ3) is 6.39. The van der Waals surface area contributed by atoms with Gasteiger partial charge >= 0.3 is 18.0 Å². The van der Waals surface area contributed by atoms with Crippen molar-refractivity contribution in [2.45, 2.75) is 32.7 Å². The Kier molecular flexibility index (Phi) is 7.49. The van der Waals surface area contributed by atoms with Gasteiger partial charge in [-0.15, -0.1) is 0 Å². The lowest BCUT2D eigenvalue weighted by Gasteiger charge is -2.13. The first-order valence-electron chi connectivity index (χ1n) is 5.35. The van der Waals surface area contributed by atoms with Crippen molar-refractivity contribution in [3.63, 3.8) is 0 Å². The largest absolute Gasteiger partial charge is 0.479 e.